The molecule has 0 aliphatic carbocycles. The molecule has 6 heteroatoms. The van der Waals surface area contributed by atoms with Gasteiger partial charge >= 0.3 is 0 Å². The molecule has 0 fully saturated rings. The topological polar surface area (TPSA) is 67.8 Å². The van der Waals surface area contributed by atoms with Gasteiger partial charge in [0.25, 0.3) is 0 Å². The van der Waals surface area contributed by atoms with Crippen LogP contribution in [0.2, 0.25) is 25.7 Å². The quantitative estimate of drug-likeness (QED) is 0.334. The molecule has 0 amide bonds. The van der Waals surface area contributed by atoms with Crippen molar-refractivity contribution >= 4 is 19.6 Å². The van der Waals surface area contributed by atoms with Crippen molar-refractivity contribution in [2.75, 3.05) is 26.9 Å². The lowest BCUT2D eigenvalue weighted by atomic mass is 9.78. The SMILES string of the molecule is CC(C)(C)c1cc(C2=C[N+](C)(COCC[Si](C)(C)C)C(CN)=N2)cc(C(C)(C)C)c1O. The minimum atomic E-state index is -1.13. The molecule has 0 bridgehead atoms. The molecule has 3 N–H and O–H groups in total. The van der Waals surface area contributed by atoms with E-state index in [9.17, 15) is 5.11 Å². The monoisotopic (exact) mass is 446 g/mol. The standard InChI is InChI=1S/C25H43N3O2Si/c1-24(2,3)19-13-18(14-20(23(19)29)25(4,5)6)21-16-28(7,22(15-26)27-21)17-30-11-12-31(8,9)10/h13-14,16H,11-12,15,17,26H2,1-10H3/p+1. The van der Waals surface area contributed by atoms with Crippen molar-refractivity contribution in [3.63, 3.8) is 0 Å². The van der Waals surface area contributed by atoms with E-state index in [2.05, 4.69) is 86.6 Å². The van der Waals surface area contributed by atoms with Crippen LogP contribution in [0.25, 0.3) is 5.70 Å². The van der Waals surface area contributed by atoms with Crippen LogP contribution >= 0.6 is 0 Å². The fourth-order valence-electron chi connectivity index (χ4n) is 3.69. The Bertz CT molecular complexity index is 835. The van der Waals surface area contributed by atoms with Crippen LogP contribution in [0.5, 0.6) is 5.75 Å². The second-order valence-electron chi connectivity index (χ2n) is 12.3. The summed E-state index contributed by atoms with van der Waals surface area (Å²) in [5, 5.41) is 11.0. The Balaban J connectivity index is 2.45. The van der Waals surface area contributed by atoms with Crippen LogP contribution in [0, 0.1) is 0 Å². The predicted octanol–water partition coefficient (Wildman–Crippen LogP) is 5.42. The summed E-state index contributed by atoms with van der Waals surface area (Å²) in [4.78, 5) is 4.91. The molecule has 2 rings (SSSR count). The van der Waals surface area contributed by atoms with Crippen molar-refractivity contribution in [2.24, 2.45) is 10.7 Å². The first-order valence-corrected chi connectivity index (χ1v) is 15.0. The Hall–Kier alpha value is -1.47. The van der Waals surface area contributed by atoms with Crippen molar-refractivity contribution < 1.29 is 14.3 Å². The van der Waals surface area contributed by atoms with Crippen LogP contribution in [-0.2, 0) is 15.6 Å². The van der Waals surface area contributed by atoms with Gasteiger partial charge in [-0.05, 0) is 29.0 Å². The molecular weight excluding hydrogens is 402 g/mol. The van der Waals surface area contributed by atoms with E-state index in [1.807, 2.05) is 0 Å². The minimum absolute atomic E-state index is 0.183. The van der Waals surface area contributed by atoms with E-state index in [1.54, 1.807) is 0 Å². The number of quaternary nitrogens is 1. The Morgan fingerprint density at radius 1 is 1.03 bits per heavy atom. The molecule has 174 valence electrons. The van der Waals surface area contributed by atoms with Crippen molar-refractivity contribution in [1.82, 2.24) is 0 Å². The summed E-state index contributed by atoms with van der Waals surface area (Å²) < 4.78 is 6.54. The highest BCUT2D eigenvalue weighted by atomic mass is 28.3. The van der Waals surface area contributed by atoms with Gasteiger partial charge in [0.2, 0.25) is 5.84 Å². The maximum absolute atomic E-state index is 11.0. The number of nitrogens with two attached hydrogens (primary N) is 1. The molecule has 1 aromatic carbocycles. The molecule has 0 spiro atoms. The number of aliphatic imine (C=N–C) groups is 1. The Morgan fingerprint density at radius 2 is 1.55 bits per heavy atom. The van der Waals surface area contributed by atoms with Crippen LogP contribution in [0.4, 0.5) is 0 Å². The highest BCUT2D eigenvalue weighted by Crippen LogP contribution is 2.42. The summed E-state index contributed by atoms with van der Waals surface area (Å²) in [7, 11) is 0.970. The Kier molecular flexibility index (Phi) is 7.33. The largest absolute Gasteiger partial charge is 0.507 e. The Morgan fingerprint density at radius 3 is 1.97 bits per heavy atom. The lowest BCUT2D eigenvalue weighted by Gasteiger charge is -2.28. The third-order valence-corrected chi connectivity index (χ3v) is 7.51. The summed E-state index contributed by atoms with van der Waals surface area (Å²) in [6.07, 6.45) is 2.14. The number of likely N-dealkylation sites (N-methyl/N-ethyl adjacent to an activating group) is 1. The van der Waals surface area contributed by atoms with Gasteiger partial charge in [-0.1, -0.05) is 61.2 Å². The van der Waals surface area contributed by atoms with Gasteiger partial charge in [-0.2, -0.15) is 4.99 Å². The lowest BCUT2D eigenvalue weighted by Crippen LogP contribution is -2.47. The Labute approximate surface area is 190 Å². The molecule has 1 heterocycles. The maximum Gasteiger partial charge on any atom is 0.223 e. The number of benzene rings is 1. The molecule has 1 aliphatic heterocycles. The number of hydrogen-bond donors (Lipinski definition) is 2. The summed E-state index contributed by atoms with van der Waals surface area (Å²) in [5.41, 5.74) is 9.50. The number of phenolic OH excluding ortho intramolecular Hbond substituents is 1. The number of ether oxygens (including phenoxy) is 1. The number of amidine groups is 1. The van der Waals surface area contributed by atoms with Gasteiger partial charge < -0.3 is 15.6 Å². The third kappa shape index (κ3) is 6.28. The number of aromatic hydroxyl groups is 1. The highest BCUT2D eigenvalue weighted by molar-refractivity contribution is 6.76. The molecule has 5 nitrogen and oxygen atoms in total. The third-order valence-electron chi connectivity index (χ3n) is 5.81. The molecule has 0 saturated heterocycles. The average Bonchev–Trinajstić information content (AvgIpc) is 2.93. The summed E-state index contributed by atoms with van der Waals surface area (Å²) >= 11 is 0. The van der Waals surface area contributed by atoms with Crippen LogP contribution in [0.1, 0.15) is 58.2 Å². The first-order valence-electron chi connectivity index (χ1n) is 11.3. The van der Waals surface area contributed by atoms with Gasteiger partial charge in [0.1, 0.15) is 17.6 Å². The number of hydrogen-bond acceptors (Lipinski definition) is 4. The van der Waals surface area contributed by atoms with Gasteiger partial charge in [0.15, 0.2) is 6.73 Å². The lowest BCUT2D eigenvalue weighted by molar-refractivity contribution is -0.789. The van der Waals surface area contributed by atoms with Crippen molar-refractivity contribution in [2.45, 2.75) is 78.1 Å². The van der Waals surface area contributed by atoms with E-state index in [4.69, 9.17) is 15.5 Å². The molecule has 0 radical (unpaired) electrons. The van der Waals surface area contributed by atoms with E-state index < -0.39 is 8.07 Å². The molecule has 1 aromatic rings. The zero-order valence-electron chi connectivity index (χ0n) is 21.4. The highest BCUT2D eigenvalue weighted by Gasteiger charge is 2.35. The van der Waals surface area contributed by atoms with Crippen molar-refractivity contribution in [3.05, 3.63) is 35.0 Å². The fourth-order valence-corrected chi connectivity index (χ4v) is 4.45. The summed E-state index contributed by atoms with van der Waals surface area (Å²) in [6, 6.07) is 5.30. The van der Waals surface area contributed by atoms with E-state index in [0.29, 0.717) is 23.5 Å². The molecule has 1 atom stereocenters. The zero-order chi connectivity index (χ0) is 23.8. The maximum atomic E-state index is 11.0. The van der Waals surface area contributed by atoms with Crippen molar-refractivity contribution in [3.8, 4) is 5.75 Å². The number of nitrogens with zero attached hydrogens (tertiary/aromatic N) is 2. The van der Waals surface area contributed by atoms with Crippen LogP contribution < -0.4 is 5.73 Å². The summed E-state index contributed by atoms with van der Waals surface area (Å²) in [6.45, 7) is 21.5. The molecular formula is C25H44N3O2Si+. The van der Waals surface area contributed by atoms with Gasteiger partial charge in [0, 0.05) is 24.8 Å². The normalized spacial score (nSPS) is 20.1. The molecule has 0 aromatic heterocycles. The molecule has 1 aliphatic rings. The second-order valence-corrected chi connectivity index (χ2v) is 17.9. The van der Waals surface area contributed by atoms with Crippen LogP contribution in [-0.4, -0.2) is 50.4 Å². The molecule has 31 heavy (non-hydrogen) atoms. The van der Waals surface area contributed by atoms with Gasteiger partial charge in [0.05, 0.1) is 20.2 Å². The minimum Gasteiger partial charge on any atom is -0.507 e. The predicted molar refractivity (Wildman–Crippen MR) is 135 cm³/mol. The molecule has 1 unspecified atom stereocenters. The van der Waals surface area contributed by atoms with E-state index in [-0.39, 0.29) is 10.8 Å². The van der Waals surface area contributed by atoms with E-state index >= 15 is 0 Å². The summed E-state index contributed by atoms with van der Waals surface area (Å²) in [5.74, 6) is 1.28. The van der Waals surface area contributed by atoms with Gasteiger partial charge in [-0.3, -0.25) is 0 Å². The van der Waals surface area contributed by atoms with Gasteiger partial charge in [-0.15, -0.1) is 0 Å². The van der Waals surface area contributed by atoms with Crippen molar-refractivity contribution in [1.29, 1.82) is 0 Å². The average molecular weight is 447 g/mol. The molecule has 0 saturated carbocycles. The van der Waals surface area contributed by atoms with Crippen LogP contribution in [0.15, 0.2) is 23.3 Å². The van der Waals surface area contributed by atoms with E-state index in [0.717, 1.165) is 40.9 Å². The number of rotatable bonds is 7. The first kappa shape index (κ1) is 25.8. The zero-order valence-corrected chi connectivity index (χ0v) is 22.4. The second kappa shape index (κ2) is 8.81. The van der Waals surface area contributed by atoms with Crippen LogP contribution in [0.3, 0.4) is 0 Å². The first-order chi connectivity index (χ1) is 14.0. The fraction of sp³-hybridized carbons (Fsp3) is 0.640. The van der Waals surface area contributed by atoms with Gasteiger partial charge in [-0.25, -0.2) is 4.48 Å². The van der Waals surface area contributed by atoms with E-state index in [1.165, 1.54) is 0 Å². The smallest absolute Gasteiger partial charge is 0.223 e. The number of phenols is 1.